The number of carbonyl (C=O) groups excluding carboxylic acids is 1. The monoisotopic (exact) mass is 1010 g/mol. The molecule has 0 fully saturated rings. The van der Waals surface area contributed by atoms with Gasteiger partial charge < -0.3 is 35.4 Å². The Morgan fingerprint density at radius 1 is 0.712 bits per heavy atom. The lowest BCUT2D eigenvalue weighted by atomic mass is 9.78. The van der Waals surface area contributed by atoms with Crippen LogP contribution >= 0.6 is 39.3 Å². The van der Waals surface area contributed by atoms with Crippen molar-refractivity contribution in [1.82, 2.24) is 0 Å². The number of aromatic hydroxyl groups is 1. The van der Waals surface area contributed by atoms with Gasteiger partial charge in [0.25, 0.3) is 0 Å². The van der Waals surface area contributed by atoms with Gasteiger partial charge in [0.2, 0.25) is 0 Å². The third kappa shape index (κ3) is 25.6. The number of carboxylic acids is 5. The Kier molecular flexibility index (Phi) is 27.0. The lowest BCUT2D eigenvalue weighted by molar-refractivity contribution is -0.152. The summed E-state index contributed by atoms with van der Waals surface area (Å²) >= 11 is 10.2. The van der Waals surface area contributed by atoms with Crippen LogP contribution in [0.15, 0.2) is 120 Å². The Bertz CT molecular complexity index is 2190. The van der Waals surface area contributed by atoms with E-state index in [1.54, 1.807) is 66.1 Å². The molecule has 0 bridgehead atoms. The van der Waals surface area contributed by atoms with Crippen LogP contribution in [0.2, 0.25) is 5.02 Å². The Morgan fingerprint density at radius 2 is 1.18 bits per heavy atom. The van der Waals surface area contributed by atoms with Crippen LogP contribution in [-0.4, -0.2) is 77.2 Å². The molecule has 0 amide bonds. The first kappa shape index (κ1) is 60.1. The largest absolute Gasteiger partial charge is 0.507 e. The summed E-state index contributed by atoms with van der Waals surface area (Å²) in [5.74, 6) is -5.25. The summed E-state index contributed by atoms with van der Waals surface area (Å²) in [6.07, 6.45) is 4.79. The molecule has 0 heterocycles. The first-order valence-corrected chi connectivity index (χ1v) is 22.6. The number of hydrogen-bond donors (Lipinski definition) is 6. The van der Waals surface area contributed by atoms with Crippen LogP contribution in [0, 0.1) is 5.92 Å². The fourth-order valence-electron chi connectivity index (χ4n) is 4.76. The molecule has 358 valence electrons. The molecule has 16 heteroatoms. The molecule has 4 aromatic carbocycles. The van der Waals surface area contributed by atoms with Gasteiger partial charge in [0.15, 0.2) is 11.4 Å². The fraction of sp³-hybridized carbons (Fsp3) is 0.320. The van der Waals surface area contributed by atoms with E-state index in [4.69, 9.17) is 41.9 Å². The number of phenols is 1. The van der Waals surface area contributed by atoms with Crippen molar-refractivity contribution in [3.05, 3.63) is 142 Å². The number of thioether (sulfide) groups is 1. The number of benzene rings is 4. The highest BCUT2D eigenvalue weighted by molar-refractivity contribution is 9.09. The van der Waals surface area contributed by atoms with Gasteiger partial charge >= 0.3 is 29.8 Å². The zero-order valence-electron chi connectivity index (χ0n) is 38.5. The average Bonchev–Trinajstić information content (AvgIpc) is 3.23. The molecular weight excluding hydrogens is 956 g/mol. The minimum atomic E-state index is -1.23. The molecule has 0 radical (unpaired) electrons. The first-order chi connectivity index (χ1) is 30.5. The van der Waals surface area contributed by atoms with Crippen molar-refractivity contribution in [3.8, 4) is 11.5 Å². The van der Waals surface area contributed by atoms with Crippen LogP contribution in [-0.2, 0) is 34.8 Å². The minimum Gasteiger partial charge on any atom is -0.507 e. The Morgan fingerprint density at radius 3 is 1.56 bits per heavy atom. The summed E-state index contributed by atoms with van der Waals surface area (Å²) in [6, 6.07) is 28.3. The summed E-state index contributed by atoms with van der Waals surface area (Å²) in [6.45, 7) is 16.5. The van der Waals surface area contributed by atoms with E-state index in [0.717, 1.165) is 45.5 Å². The standard InChI is InChI=1S/C17H24O3.C10H11ClO3.C10H10O3.C9H8O2S.C4H7BrO2/c1-16(2,3)12-9-11(7-8-14(18)19)10-13(15(12)20)17(4,5)6;1-10(2,9(12)13)14-8-5-3-7(11)4-6-8;1-7(10(12)13)9(11)8-5-3-2-4-6-8;10-9(11)6-7-12-8-4-2-1-3-5-8;5-3-1-2-4(6)7/h7-10,20H,1-6H3,(H,18,19);3-6H,1-2H3,(H,12,13);2-7H,1H3,(H,12,13);1-7H,(H,10,11);1-3H2,(H,6,7). The van der Waals surface area contributed by atoms with Crippen LogP contribution in [0.1, 0.15) is 102 Å². The van der Waals surface area contributed by atoms with E-state index in [-0.39, 0.29) is 23.0 Å². The molecule has 1 atom stereocenters. The number of aliphatic carboxylic acids is 5. The van der Waals surface area contributed by atoms with Crippen LogP contribution in [0.5, 0.6) is 11.5 Å². The predicted molar refractivity (Wildman–Crippen MR) is 263 cm³/mol. The maximum absolute atomic E-state index is 11.4. The van der Waals surface area contributed by atoms with Crippen molar-refractivity contribution >= 4 is 81.0 Å². The zero-order valence-corrected chi connectivity index (χ0v) is 41.6. The second kappa shape index (κ2) is 29.6. The van der Waals surface area contributed by atoms with E-state index in [2.05, 4.69) is 15.9 Å². The van der Waals surface area contributed by atoms with Gasteiger partial charge in [0.1, 0.15) is 17.4 Å². The van der Waals surface area contributed by atoms with Gasteiger partial charge in [-0.3, -0.25) is 14.4 Å². The van der Waals surface area contributed by atoms with Gasteiger partial charge in [0, 0.05) is 50.5 Å². The van der Waals surface area contributed by atoms with Crippen LogP contribution in [0.3, 0.4) is 0 Å². The SMILES string of the molecule is CC(C(=O)O)C(=O)c1ccccc1.CC(C)(C)c1cc(C=CC(=O)O)cc(C(C)(C)C)c1O.CC(C)(Oc1ccc(Cl)cc1)C(=O)O.O=C(O)C=CSc1ccccc1.O=C(O)CCCBr. The highest BCUT2D eigenvalue weighted by atomic mass is 79.9. The number of alkyl halides is 1. The van der Waals surface area contributed by atoms with Crippen LogP contribution < -0.4 is 4.74 Å². The van der Waals surface area contributed by atoms with Gasteiger partial charge in [-0.05, 0) is 104 Å². The van der Waals surface area contributed by atoms with Crippen molar-refractivity contribution in [2.75, 3.05) is 5.33 Å². The normalized spacial score (nSPS) is 11.4. The maximum atomic E-state index is 11.4. The number of ketones is 1. The summed E-state index contributed by atoms with van der Waals surface area (Å²) in [5.41, 5.74) is 1.24. The molecule has 0 aliphatic heterocycles. The lowest BCUT2D eigenvalue weighted by Gasteiger charge is -2.27. The van der Waals surface area contributed by atoms with Crippen molar-refractivity contribution in [1.29, 1.82) is 0 Å². The smallest absolute Gasteiger partial charge is 0.347 e. The molecule has 0 spiro atoms. The molecule has 0 aliphatic carbocycles. The van der Waals surface area contributed by atoms with Crippen molar-refractivity contribution < 1.29 is 64.1 Å². The van der Waals surface area contributed by atoms with Gasteiger partial charge in [-0.2, -0.15) is 0 Å². The maximum Gasteiger partial charge on any atom is 0.347 e. The summed E-state index contributed by atoms with van der Waals surface area (Å²) in [4.78, 5) is 64.2. The number of halogens is 2. The van der Waals surface area contributed by atoms with E-state index in [1.807, 2.05) is 84.0 Å². The van der Waals surface area contributed by atoms with Crippen molar-refractivity contribution in [2.45, 2.75) is 96.5 Å². The Labute approximate surface area is 404 Å². The number of rotatable bonds is 14. The number of Topliss-reactive ketones (excluding diaryl/α,β-unsaturated/α-hetero) is 1. The molecule has 1 unspecified atom stereocenters. The molecule has 0 aliphatic rings. The summed E-state index contributed by atoms with van der Waals surface area (Å²) in [5, 5.41) is 55.9. The number of hydrogen-bond acceptors (Lipinski definition) is 9. The topological polar surface area (TPSA) is 233 Å². The molecule has 0 aromatic heterocycles. The van der Waals surface area contributed by atoms with Crippen molar-refractivity contribution in [3.63, 3.8) is 0 Å². The average molecular weight is 1020 g/mol. The Hall–Kier alpha value is -5.90. The highest BCUT2D eigenvalue weighted by Crippen LogP contribution is 2.40. The van der Waals surface area contributed by atoms with E-state index in [0.29, 0.717) is 22.1 Å². The third-order valence-corrected chi connectivity index (χ3v) is 10.0. The lowest BCUT2D eigenvalue weighted by Crippen LogP contribution is -2.37. The minimum absolute atomic E-state index is 0.211. The van der Waals surface area contributed by atoms with E-state index >= 15 is 0 Å². The predicted octanol–water partition coefficient (Wildman–Crippen LogP) is 11.9. The third-order valence-electron chi connectivity index (χ3n) is 8.37. The van der Waals surface area contributed by atoms with Crippen molar-refractivity contribution in [2.24, 2.45) is 5.92 Å². The fourth-order valence-corrected chi connectivity index (χ4v) is 5.82. The zero-order chi connectivity index (χ0) is 50.8. The van der Waals surface area contributed by atoms with Crippen LogP contribution in [0.4, 0.5) is 0 Å². The van der Waals surface area contributed by atoms with Gasteiger partial charge in [0.05, 0.1) is 0 Å². The van der Waals surface area contributed by atoms with Gasteiger partial charge in [-0.1, -0.05) is 129 Å². The second-order valence-corrected chi connectivity index (χ2v) is 18.8. The highest BCUT2D eigenvalue weighted by Gasteiger charge is 2.29. The molecular formula is C50H60BrClO13S. The quantitative estimate of drug-likeness (QED) is 0.0227. The number of phenolic OH excluding ortho intramolecular Hbond substituents is 1. The molecule has 4 aromatic rings. The molecule has 66 heavy (non-hydrogen) atoms. The van der Waals surface area contributed by atoms with E-state index in [1.165, 1.54) is 32.5 Å². The van der Waals surface area contributed by atoms with Gasteiger partial charge in [-0.25, -0.2) is 14.4 Å². The molecule has 13 nitrogen and oxygen atoms in total. The van der Waals surface area contributed by atoms with Crippen LogP contribution in [0.25, 0.3) is 6.08 Å². The van der Waals surface area contributed by atoms with E-state index in [9.17, 15) is 33.9 Å². The number of ether oxygens (including phenoxy) is 1. The number of carbonyl (C=O) groups is 6. The van der Waals surface area contributed by atoms with Gasteiger partial charge in [-0.15, -0.1) is 0 Å². The Balaban J connectivity index is 0.000000828. The molecule has 6 N–H and O–H groups in total. The molecule has 4 rings (SSSR count). The molecule has 0 saturated heterocycles. The van der Waals surface area contributed by atoms with E-state index < -0.39 is 41.4 Å². The molecule has 0 saturated carbocycles. The number of carboxylic acid groups (broad SMARTS) is 5. The first-order valence-electron chi connectivity index (χ1n) is 20.2. The summed E-state index contributed by atoms with van der Waals surface area (Å²) < 4.78 is 5.26. The second-order valence-electron chi connectivity index (χ2n) is 16.6. The summed E-state index contributed by atoms with van der Waals surface area (Å²) in [7, 11) is 0.